The Labute approximate surface area is 146 Å². The largest absolute Gasteiger partial charge is 0.481 e. The van der Waals surface area contributed by atoms with Crippen molar-refractivity contribution >= 4 is 0 Å². The van der Waals surface area contributed by atoms with Gasteiger partial charge in [0.15, 0.2) is 0 Å². The molecule has 26 heavy (non-hydrogen) atoms. The van der Waals surface area contributed by atoms with Gasteiger partial charge in [0.05, 0.1) is 24.4 Å². The number of rotatable bonds is 4. The third kappa shape index (κ3) is 3.74. The summed E-state index contributed by atoms with van der Waals surface area (Å²) < 4.78 is 62.2. The van der Waals surface area contributed by atoms with Crippen LogP contribution < -0.4 is 9.47 Å². The highest BCUT2D eigenvalue weighted by atomic mass is 19.4. The van der Waals surface area contributed by atoms with Gasteiger partial charge in [-0.1, -0.05) is 0 Å². The lowest BCUT2D eigenvalue weighted by atomic mass is 10.1. The molecule has 0 unspecified atom stereocenters. The fraction of sp³-hybridized carbons (Fsp3) is 0.111. The first-order valence-corrected chi connectivity index (χ1v) is 7.38. The Morgan fingerprint density at radius 3 is 2.31 bits per heavy atom. The molecule has 0 radical (unpaired) electrons. The minimum absolute atomic E-state index is 0.0814. The van der Waals surface area contributed by atoms with Gasteiger partial charge in [0.1, 0.15) is 11.6 Å². The third-order valence-corrected chi connectivity index (χ3v) is 3.47. The summed E-state index contributed by atoms with van der Waals surface area (Å²) in [5.41, 5.74) is -0.0964. The van der Waals surface area contributed by atoms with E-state index >= 15 is 0 Å². The lowest BCUT2D eigenvalue weighted by molar-refractivity contribution is -0.137. The quantitative estimate of drug-likeness (QED) is 0.604. The van der Waals surface area contributed by atoms with Crippen LogP contribution in [0.3, 0.4) is 0 Å². The normalized spacial score (nSPS) is 11.3. The maximum Gasteiger partial charge on any atom is 0.416 e. The van der Waals surface area contributed by atoms with E-state index in [4.69, 9.17) is 9.47 Å². The Morgan fingerprint density at radius 1 is 0.923 bits per heavy atom. The minimum Gasteiger partial charge on any atom is -0.481 e. The van der Waals surface area contributed by atoms with E-state index in [-0.39, 0.29) is 17.5 Å². The summed E-state index contributed by atoms with van der Waals surface area (Å²) in [6.45, 7) is 0. The van der Waals surface area contributed by atoms with Crippen LogP contribution in [-0.4, -0.2) is 17.1 Å². The SMILES string of the molecule is COc1ncc(F)cc1-c1cccnc1Oc1ccc(C(F)(F)F)cc1. The van der Waals surface area contributed by atoms with Crippen molar-refractivity contribution < 1.29 is 27.0 Å². The van der Waals surface area contributed by atoms with E-state index < -0.39 is 17.6 Å². The highest BCUT2D eigenvalue weighted by Gasteiger charge is 2.30. The molecule has 8 heteroatoms. The number of alkyl halides is 3. The van der Waals surface area contributed by atoms with Crippen LogP contribution in [0.25, 0.3) is 11.1 Å². The molecule has 0 aliphatic carbocycles. The lowest BCUT2D eigenvalue weighted by Gasteiger charge is -2.13. The zero-order valence-corrected chi connectivity index (χ0v) is 13.4. The summed E-state index contributed by atoms with van der Waals surface area (Å²) in [6.07, 6.45) is -1.98. The first kappa shape index (κ1) is 17.7. The Bertz CT molecular complexity index is 912. The topological polar surface area (TPSA) is 44.2 Å². The van der Waals surface area contributed by atoms with Crippen LogP contribution in [0, 0.1) is 5.82 Å². The molecule has 0 fully saturated rings. The summed E-state index contributed by atoms with van der Waals surface area (Å²) >= 11 is 0. The standard InChI is InChI=1S/C18H12F4N2O2/c1-25-16-15(9-12(19)10-24-16)14-3-2-8-23-17(14)26-13-6-4-11(5-7-13)18(20,21)22/h2-10H,1H3. The zero-order chi connectivity index (χ0) is 18.7. The number of aromatic nitrogens is 2. The molecular formula is C18H12F4N2O2. The molecule has 3 aromatic rings. The van der Waals surface area contributed by atoms with E-state index in [1.165, 1.54) is 31.5 Å². The second-order valence-corrected chi connectivity index (χ2v) is 5.19. The van der Waals surface area contributed by atoms with Gasteiger partial charge in [0.2, 0.25) is 11.8 Å². The number of halogens is 4. The monoisotopic (exact) mass is 364 g/mol. The van der Waals surface area contributed by atoms with E-state index in [9.17, 15) is 17.6 Å². The van der Waals surface area contributed by atoms with Gasteiger partial charge in [-0.05, 0) is 42.5 Å². The molecule has 0 spiro atoms. The third-order valence-electron chi connectivity index (χ3n) is 3.47. The molecule has 0 saturated carbocycles. The van der Waals surface area contributed by atoms with Crippen molar-refractivity contribution in [2.45, 2.75) is 6.18 Å². The van der Waals surface area contributed by atoms with Crippen molar-refractivity contribution in [3.8, 4) is 28.6 Å². The summed E-state index contributed by atoms with van der Waals surface area (Å²) in [5, 5.41) is 0. The molecule has 1 aromatic carbocycles. The Morgan fingerprint density at radius 2 is 1.65 bits per heavy atom. The molecule has 3 rings (SSSR count). The van der Waals surface area contributed by atoms with Crippen molar-refractivity contribution in [3.63, 3.8) is 0 Å². The molecule has 0 aliphatic rings. The highest BCUT2D eigenvalue weighted by molar-refractivity contribution is 5.73. The molecule has 0 aliphatic heterocycles. The van der Waals surface area contributed by atoms with Crippen LogP contribution in [0.15, 0.2) is 54.9 Å². The van der Waals surface area contributed by atoms with Crippen LogP contribution in [0.2, 0.25) is 0 Å². The Kier molecular flexibility index (Phi) is 4.75. The van der Waals surface area contributed by atoms with Crippen molar-refractivity contribution in [1.82, 2.24) is 9.97 Å². The van der Waals surface area contributed by atoms with E-state index in [1.54, 1.807) is 12.1 Å². The van der Waals surface area contributed by atoms with Gasteiger partial charge in [-0.3, -0.25) is 0 Å². The first-order valence-electron chi connectivity index (χ1n) is 7.38. The van der Waals surface area contributed by atoms with Crippen molar-refractivity contribution in [2.24, 2.45) is 0 Å². The van der Waals surface area contributed by atoms with E-state index in [0.29, 0.717) is 11.1 Å². The zero-order valence-electron chi connectivity index (χ0n) is 13.4. The molecule has 0 atom stereocenters. The lowest BCUT2D eigenvalue weighted by Crippen LogP contribution is -2.04. The predicted octanol–water partition coefficient (Wildman–Crippen LogP) is 5.10. The second kappa shape index (κ2) is 6.99. The van der Waals surface area contributed by atoms with Gasteiger partial charge in [0.25, 0.3) is 0 Å². The second-order valence-electron chi connectivity index (χ2n) is 5.19. The smallest absolute Gasteiger partial charge is 0.416 e. The van der Waals surface area contributed by atoms with Gasteiger partial charge in [-0.15, -0.1) is 0 Å². The van der Waals surface area contributed by atoms with Crippen LogP contribution in [0.5, 0.6) is 17.5 Å². The van der Waals surface area contributed by atoms with Crippen molar-refractivity contribution in [1.29, 1.82) is 0 Å². The van der Waals surface area contributed by atoms with Gasteiger partial charge in [-0.25, -0.2) is 14.4 Å². The summed E-state index contributed by atoms with van der Waals surface area (Å²) in [5.74, 6) is -0.180. The van der Waals surface area contributed by atoms with Crippen LogP contribution >= 0.6 is 0 Å². The van der Waals surface area contributed by atoms with Gasteiger partial charge in [-0.2, -0.15) is 13.2 Å². The fourth-order valence-corrected chi connectivity index (χ4v) is 2.28. The molecule has 0 N–H and O–H groups in total. The Balaban J connectivity index is 1.97. The molecule has 0 saturated heterocycles. The number of methoxy groups -OCH3 is 1. The maximum atomic E-state index is 13.6. The van der Waals surface area contributed by atoms with E-state index in [2.05, 4.69) is 9.97 Å². The molecule has 4 nitrogen and oxygen atoms in total. The van der Waals surface area contributed by atoms with Crippen LogP contribution in [-0.2, 0) is 6.18 Å². The molecule has 0 amide bonds. The predicted molar refractivity (Wildman–Crippen MR) is 85.5 cm³/mol. The fourth-order valence-electron chi connectivity index (χ4n) is 2.28. The molecule has 134 valence electrons. The molecule has 2 heterocycles. The summed E-state index contributed by atoms with van der Waals surface area (Å²) in [4.78, 5) is 7.93. The molecule has 2 aromatic heterocycles. The average molecular weight is 364 g/mol. The van der Waals surface area contributed by atoms with Gasteiger partial charge in [0, 0.05) is 11.8 Å². The van der Waals surface area contributed by atoms with Crippen molar-refractivity contribution in [3.05, 3.63) is 66.2 Å². The van der Waals surface area contributed by atoms with E-state index in [1.807, 2.05) is 0 Å². The highest BCUT2D eigenvalue weighted by Crippen LogP contribution is 2.37. The number of hydrogen-bond acceptors (Lipinski definition) is 4. The number of hydrogen-bond donors (Lipinski definition) is 0. The minimum atomic E-state index is -4.44. The Hall–Kier alpha value is -3.16. The summed E-state index contributed by atoms with van der Waals surface area (Å²) in [6, 6.07) is 8.61. The van der Waals surface area contributed by atoms with Crippen molar-refractivity contribution in [2.75, 3.05) is 7.11 Å². The van der Waals surface area contributed by atoms with E-state index in [0.717, 1.165) is 18.3 Å². The van der Waals surface area contributed by atoms with Gasteiger partial charge < -0.3 is 9.47 Å². The average Bonchev–Trinajstić information content (AvgIpc) is 2.62. The number of benzene rings is 1. The number of pyridine rings is 2. The van der Waals surface area contributed by atoms with Gasteiger partial charge >= 0.3 is 6.18 Å². The number of nitrogens with zero attached hydrogens (tertiary/aromatic N) is 2. The first-order chi connectivity index (χ1) is 12.4. The van der Waals surface area contributed by atoms with Crippen LogP contribution in [0.4, 0.5) is 17.6 Å². The molecular weight excluding hydrogens is 352 g/mol. The van der Waals surface area contributed by atoms with Crippen LogP contribution in [0.1, 0.15) is 5.56 Å². The number of ether oxygens (including phenoxy) is 2. The molecule has 0 bridgehead atoms. The summed E-state index contributed by atoms with van der Waals surface area (Å²) in [7, 11) is 1.39. The maximum absolute atomic E-state index is 13.6.